The number of benzene rings is 1. The summed E-state index contributed by atoms with van der Waals surface area (Å²) in [6.07, 6.45) is 9.22. The first-order valence-corrected chi connectivity index (χ1v) is 8.55. The van der Waals surface area contributed by atoms with Crippen molar-refractivity contribution in [1.29, 1.82) is 0 Å². The molecule has 2 aliphatic rings. The van der Waals surface area contributed by atoms with Gasteiger partial charge in [-0.15, -0.1) is 0 Å². The molecule has 0 aromatic heterocycles. The average Bonchev–Trinajstić information content (AvgIpc) is 2.49. The molecule has 2 fully saturated rings. The lowest BCUT2D eigenvalue weighted by molar-refractivity contribution is -0.0259. The molecule has 0 radical (unpaired) electrons. The predicted octanol–water partition coefficient (Wildman–Crippen LogP) is 5.03. The van der Waals surface area contributed by atoms with Gasteiger partial charge >= 0.3 is 0 Å². The molecular formula is C19H27FO. The molecule has 2 heteroatoms. The van der Waals surface area contributed by atoms with Gasteiger partial charge in [0, 0.05) is 0 Å². The van der Waals surface area contributed by atoms with E-state index in [0.29, 0.717) is 0 Å². The number of rotatable bonds is 2. The molecule has 0 unspecified atom stereocenters. The monoisotopic (exact) mass is 290 g/mol. The fourth-order valence-corrected chi connectivity index (χ4v) is 4.41. The minimum atomic E-state index is -0.805. The highest BCUT2D eigenvalue weighted by molar-refractivity contribution is 5.23. The van der Waals surface area contributed by atoms with Gasteiger partial charge in [0.2, 0.25) is 0 Å². The molecule has 2 saturated carbocycles. The summed E-state index contributed by atoms with van der Waals surface area (Å²) in [6, 6.07) is 6.52. The molecule has 1 aromatic rings. The van der Waals surface area contributed by atoms with Crippen molar-refractivity contribution in [3.8, 4) is 0 Å². The molecule has 1 nitrogen and oxygen atoms in total. The number of halogens is 1. The van der Waals surface area contributed by atoms with Gasteiger partial charge in [-0.1, -0.05) is 31.9 Å². The van der Waals surface area contributed by atoms with Crippen molar-refractivity contribution in [2.45, 2.75) is 63.9 Å². The lowest BCUT2D eigenvalue weighted by Gasteiger charge is -2.41. The Bertz CT molecular complexity index is 468. The molecule has 0 amide bonds. The van der Waals surface area contributed by atoms with Gasteiger partial charge in [-0.3, -0.25) is 0 Å². The Morgan fingerprint density at radius 1 is 1.00 bits per heavy atom. The first-order valence-electron chi connectivity index (χ1n) is 8.55. The highest BCUT2D eigenvalue weighted by Gasteiger charge is 2.37. The maximum atomic E-state index is 13.4. The van der Waals surface area contributed by atoms with E-state index in [0.717, 1.165) is 49.0 Å². The molecule has 0 aliphatic heterocycles. The van der Waals surface area contributed by atoms with Gasteiger partial charge in [-0.05, 0) is 74.0 Å². The summed E-state index contributed by atoms with van der Waals surface area (Å²) < 4.78 is 13.4. The SMILES string of the molecule is CC1CCC(C2CCC(O)(c3cccc(F)c3)CC2)CC1. The smallest absolute Gasteiger partial charge is 0.123 e. The van der Waals surface area contributed by atoms with Crippen LogP contribution in [0.25, 0.3) is 0 Å². The molecule has 21 heavy (non-hydrogen) atoms. The van der Waals surface area contributed by atoms with Crippen LogP contribution in [0.2, 0.25) is 0 Å². The zero-order chi connectivity index (χ0) is 14.9. The second-order valence-electron chi connectivity index (χ2n) is 7.40. The van der Waals surface area contributed by atoms with Gasteiger partial charge in [0.15, 0.2) is 0 Å². The van der Waals surface area contributed by atoms with Crippen molar-refractivity contribution >= 4 is 0 Å². The zero-order valence-corrected chi connectivity index (χ0v) is 13.0. The minimum Gasteiger partial charge on any atom is -0.385 e. The maximum absolute atomic E-state index is 13.4. The van der Waals surface area contributed by atoms with Crippen molar-refractivity contribution in [3.63, 3.8) is 0 Å². The normalized spacial score (nSPS) is 37.4. The van der Waals surface area contributed by atoms with Gasteiger partial charge < -0.3 is 5.11 Å². The van der Waals surface area contributed by atoms with E-state index in [1.807, 2.05) is 6.07 Å². The highest BCUT2D eigenvalue weighted by Crippen LogP contribution is 2.45. The standard InChI is InChI=1S/C19H27FO/c1-14-5-7-15(8-6-14)16-9-11-19(21,12-10-16)17-3-2-4-18(20)13-17/h2-4,13-16,21H,5-12H2,1H3. The van der Waals surface area contributed by atoms with Crippen LogP contribution in [-0.2, 0) is 5.60 Å². The molecule has 1 N–H and O–H groups in total. The van der Waals surface area contributed by atoms with Gasteiger partial charge in [0.25, 0.3) is 0 Å². The van der Waals surface area contributed by atoms with Crippen molar-refractivity contribution in [3.05, 3.63) is 35.6 Å². The lowest BCUT2D eigenvalue weighted by Crippen LogP contribution is -2.34. The highest BCUT2D eigenvalue weighted by atomic mass is 19.1. The molecule has 1 aromatic carbocycles. The molecule has 3 rings (SSSR count). The molecular weight excluding hydrogens is 263 g/mol. The summed E-state index contributed by atoms with van der Waals surface area (Å²) in [5.41, 5.74) is -0.0428. The summed E-state index contributed by atoms with van der Waals surface area (Å²) in [5, 5.41) is 10.9. The maximum Gasteiger partial charge on any atom is 0.123 e. The van der Waals surface area contributed by atoms with Gasteiger partial charge in [0.1, 0.15) is 5.82 Å². The molecule has 116 valence electrons. The fourth-order valence-electron chi connectivity index (χ4n) is 4.41. The van der Waals surface area contributed by atoms with Crippen LogP contribution < -0.4 is 0 Å². The Labute approximate surface area is 127 Å². The van der Waals surface area contributed by atoms with E-state index in [2.05, 4.69) is 6.92 Å². The average molecular weight is 290 g/mol. The number of hydrogen-bond acceptors (Lipinski definition) is 1. The number of hydrogen-bond donors (Lipinski definition) is 1. The van der Waals surface area contributed by atoms with Crippen LogP contribution in [0.1, 0.15) is 63.9 Å². The Hall–Kier alpha value is -0.890. The second kappa shape index (κ2) is 6.08. The Kier molecular flexibility index (Phi) is 4.35. The van der Waals surface area contributed by atoms with E-state index in [1.165, 1.54) is 37.8 Å². The second-order valence-corrected chi connectivity index (χ2v) is 7.40. The zero-order valence-electron chi connectivity index (χ0n) is 13.0. The van der Waals surface area contributed by atoms with E-state index >= 15 is 0 Å². The summed E-state index contributed by atoms with van der Waals surface area (Å²) in [6.45, 7) is 2.36. The topological polar surface area (TPSA) is 20.2 Å². The van der Waals surface area contributed by atoms with E-state index < -0.39 is 5.60 Å². The van der Waals surface area contributed by atoms with Gasteiger partial charge in [-0.2, -0.15) is 0 Å². The summed E-state index contributed by atoms with van der Waals surface area (Å²) in [5.74, 6) is 2.28. The first kappa shape index (κ1) is 15.0. The van der Waals surface area contributed by atoms with Crippen LogP contribution >= 0.6 is 0 Å². The first-order chi connectivity index (χ1) is 10.1. The molecule has 0 heterocycles. The molecule has 0 atom stereocenters. The van der Waals surface area contributed by atoms with Crippen LogP contribution in [0.5, 0.6) is 0 Å². The fraction of sp³-hybridized carbons (Fsp3) is 0.684. The van der Waals surface area contributed by atoms with E-state index in [9.17, 15) is 9.50 Å². The lowest BCUT2D eigenvalue weighted by atomic mass is 9.67. The third-order valence-corrected chi connectivity index (χ3v) is 5.95. The Morgan fingerprint density at radius 3 is 2.24 bits per heavy atom. The molecule has 0 saturated heterocycles. The Balaban J connectivity index is 1.62. The van der Waals surface area contributed by atoms with Crippen LogP contribution in [0.3, 0.4) is 0 Å². The van der Waals surface area contributed by atoms with Gasteiger partial charge in [-0.25, -0.2) is 4.39 Å². The van der Waals surface area contributed by atoms with Gasteiger partial charge in [0.05, 0.1) is 5.60 Å². The van der Waals surface area contributed by atoms with E-state index in [-0.39, 0.29) is 5.82 Å². The van der Waals surface area contributed by atoms with Crippen LogP contribution in [0.4, 0.5) is 4.39 Å². The van der Waals surface area contributed by atoms with Crippen molar-refractivity contribution in [2.75, 3.05) is 0 Å². The van der Waals surface area contributed by atoms with Crippen molar-refractivity contribution < 1.29 is 9.50 Å². The molecule has 0 bridgehead atoms. The van der Waals surface area contributed by atoms with Crippen LogP contribution in [0, 0.1) is 23.6 Å². The minimum absolute atomic E-state index is 0.246. The summed E-state index contributed by atoms with van der Waals surface area (Å²) in [4.78, 5) is 0. The predicted molar refractivity (Wildman–Crippen MR) is 83.4 cm³/mol. The third-order valence-electron chi connectivity index (χ3n) is 5.95. The summed E-state index contributed by atoms with van der Waals surface area (Å²) in [7, 11) is 0. The molecule has 2 aliphatic carbocycles. The quantitative estimate of drug-likeness (QED) is 0.810. The van der Waals surface area contributed by atoms with E-state index in [4.69, 9.17) is 0 Å². The Morgan fingerprint density at radius 2 is 1.62 bits per heavy atom. The van der Waals surface area contributed by atoms with E-state index in [1.54, 1.807) is 6.07 Å². The van der Waals surface area contributed by atoms with Crippen LogP contribution in [0.15, 0.2) is 24.3 Å². The molecule has 0 spiro atoms. The largest absolute Gasteiger partial charge is 0.385 e. The third kappa shape index (κ3) is 3.31. The van der Waals surface area contributed by atoms with Crippen molar-refractivity contribution in [1.82, 2.24) is 0 Å². The number of aliphatic hydroxyl groups is 1. The van der Waals surface area contributed by atoms with Crippen molar-refractivity contribution in [2.24, 2.45) is 17.8 Å². The summed E-state index contributed by atoms with van der Waals surface area (Å²) >= 11 is 0. The van der Waals surface area contributed by atoms with Crippen LogP contribution in [-0.4, -0.2) is 5.11 Å².